The van der Waals surface area contributed by atoms with Gasteiger partial charge in [-0.1, -0.05) is 87.1 Å². The Balaban J connectivity index is 0.00000127. The molecule has 0 saturated carbocycles. The molecule has 0 aliphatic heterocycles. The number of hydrogen-bond donors (Lipinski definition) is 0. The minimum atomic E-state index is 0.206. The maximum Gasteiger partial charge on any atom is 0.0781 e. The van der Waals surface area contributed by atoms with Crippen molar-refractivity contribution in [3.05, 3.63) is 96.3 Å². The highest BCUT2D eigenvalue weighted by molar-refractivity contribution is 6.18. The van der Waals surface area contributed by atoms with Gasteiger partial charge < -0.3 is 9.13 Å². The number of benzene rings is 2. The first-order chi connectivity index (χ1) is 19.0. The smallest absolute Gasteiger partial charge is 0.0781 e. The van der Waals surface area contributed by atoms with Gasteiger partial charge in [-0.05, 0) is 71.2 Å². The molecule has 0 unspecified atom stereocenters. The summed E-state index contributed by atoms with van der Waals surface area (Å²) in [4.78, 5) is 0. The first kappa shape index (κ1) is 31.3. The lowest BCUT2D eigenvalue weighted by atomic mass is 10.1. The average molecular weight is 519 g/mol. The van der Waals surface area contributed by atoms with Crippen LogP contribution in [0.2, 0.25) is 0 Å². The molecular formula is C37H46N2. The molecule has 0 N–H and O–H groups in total. The molecule has 0 fully saturated rings. The van der Waals surface area contributed by atoms with Crippen molar-refractivity contribution in [2.75, 3.05) is 0 Å². The zero-order chi connectivity index (χ0) is 29.1. The fourth-order valence-corrected chi connectivity index (χ4v) is 5.40. The van der Waals surface area contributed by atoms with Crippen LogP contribution in [0.1, 0.15) is 78.6 Å². The molecule has 1 atom stereocenters. The van der Waals surface area contributed by atoms with Crippen molar-refractivity contribution in [1.29, 1.82) is 0 Å². The van der Waals surface area contributed by atoms with Crippen LogP contribution in [0, 0.1) is 19.8 Å². The molecule has 0 saturated heterocycles. The van der Waals surface area contributed by atoms with Crippen LogP contribution in [-0.2, 0) is 0 Å². The van der Waals surface area contributed by atoms with Gasteiger partial charge in [0, 0.05) is 39.1 Å². The van der Waals surface area contributed by atoms with Crippen molar-refractivity contribution >= 4 is 44.5 Å². The molecule has 2 nitrogen and oxygen atoms in total. The van der Waals surface area contributed by atoms with Crippen molar-refractivity contribution in [2.45, 2.75) is 74.3 Å². The Morgan fingerprint density at radius 3 is 2.28 bits per heavy atom. The lowest BCUT2D eigenvalue weighted by molar-refractivity contribution is 0.704. The van der Waals surface area contributed by atoms with Crippen molar-refractivity contribution in [2.24, 2.45) is 0 Å². The van der Waals surface area contributed by atoms with Gasteiger partial charge in [-0.15, -0.1) is 19.4 Å². The fourth-order valence-electron chi connectivity index (χ4n) is 5.40. The van der Waals surface area contributed by atoms with E-state index in [1.165, 1.54) is 55.2 Å². The lowest BCUT2D eigenvalue weighted by Gasteiger charge is -2.17. The first-order valence-corrected chi connectivity index (χ1v) is 14.1. The normalized spacial score (nSPS) is 13.1. The summed E-state index contributed by atoms with van der Waals surface area (Å²) in [5.74, 6) is 0. The Labute approximate surface area is 236 Å². The molecule has 0 aliphatic rings. The van der Waals surface area contributed by atoms with Gasteiger partial charge in [-0.3, -0.25) is 0 Å². The molecule has 2 heteroatoms. The fraction of sp³-hybridized carbons (Fsp3) is 0.297. The van der Waals surface area contributed by atoms with E-state index in [1.807, 2.05) is 19.9 Å². The average Bonchev–Trinajstić information content (AvgIpc) is 3.44. The van der Waals surface area contributed by atoms with Crippen LogP contribution in [0.3, 0.4) is 0 Å². The second kappa shape index (κ2) is 14.8. The summed E-state index contributed by atoms with van der Waals surface area (Å²) >= 11 is 0. The monoisotopic (exact) mass is 518 g/mol. The van der Waals surface area contributed by atoms with Gasteiger partial charge in [0.2, 0.25) is 0 Å². The predicted molar refractivity (Wildman–Crippen MR) is 178 cm³/mol. The third-order valence-corrected chi connectivity index (χ3v) is 6.90. The second-order valence-corrected chi connectivity index (χ2v) is 9.36. The third-order valence-electron chi connectivity index (χ3n) is 6.90. The van der Waals surface area contributed by atoms with E-state index in [2.05, 4.69) is 143 Å². The molecule has 0 spiro atoms. The number of hydrogen-bond acceptors (Lipinski definition) is 0. The first-order valence-electron chi connectivity index (χ1n) is 14.1. The summed E-state index contributed by atoms with van der Waals surface area (Å²) in [5, 5.41) is 3.91. The van der Waals surface area contributed by atoms with Crippen LogP contribution in [0.25, 0.3) is 44.5 Å². The summed E-state index contributed by atoms with van der Waals surface area (Å²) in [6.07, 6.45) is 25.4. The molecule has 39 heavy (non-hydrogen) atoms. The Kier molecular flexibility index (Phi) is 11.9. The van der Waals surface area contributed by atoms with E-state index in [4.69, 9.17) is 0 Å². The van der Waals surface area contributed by atoms with Crippen molar-refractivity contribution < 1.29 is 0 Å². The lowest BCUT2D eigenvalue weighted by Crippen LogP contribution is -2.05. The highest BCUT2D eigenvalue weighted by Crippen LogP contribution is 2.41. The predicted octanol–water partition coefficient (Wildman–Crippen LogP) is 11.3. The maximum absolute atomic E-state index is 4.00. The Morgan fingerprint density at radius 1 is 1.00 bits per heavy atom. The van der Waals surface area contributed by atoms with E-state index < -0.39 is 0 Å². The van der Waals surface area contributed by atoms with Crippen molar-refractivity contribution in [1.82, 2.24) is 9.13 Å². The Bertz CT molecular complexity index is 1560. The van der Waals surface area contributed by atoms with E-state index in [-0.39, 0.29) is 6.04 Å². The van der Waals surface area contributed by atoms with Gasteiger partial charge in [0.15, 0.2) is 0 Å². The number of para-hydroxylation sites is 1. The minimum absolute atomic E-state index is 0.206. The van der Waals surface area contributed by atoms with E-state index in [0.29, 0.717) is 0 Å². The third kappa shape index (κ3) is 6.04. The maximum atomic E-state index is 4.00. The number of aromatic nitrogens is 2. The van der Waals surface area contributed by atoms with Gasteiger partial charge in [0.25, 0.3) is 0 Å². The van der Waals surface area contributed by atoms with Crippen LogP contribution in [0.4, 0.5) is 0 Å². The number of nitrogens with zero attached hydrogens (tertiary/aromatic N) is 2. The quantitative estimate of drug-likeness (QED) is 0.125. The Morgan fingerprint density at radius 2 is 1.67 bits per heavy atom. The summed E-state index contributed by atoms with van der Waals surface area (Å²) in [5.41, 5.74) is 8.95. The van der Waals surface area contributed by atoms with Crippen molar-refractivity contribution in [3.8, 4) is 12.8 Å². The molecule has 2 heterocycles. The standard InChI is InChI=1S/C33H38N2.C2H6.C2H2/c1-8-12-18-30-25(7)27-20-21-29-28-17-13-14-19-31(28)34(24(6)22-23(5)15-9-2)33(29)32(27)35(30)26(11-4)16-10-3;2*1-2/h9-14,16-22,24H,2,8,15H2,1,3-7H3;1-2H3;1-2H/b16-10-,18-12-,23-22-,26-11+;;/t24-;;/m1../s1. The Hall–Kier alpha value is -3.96. The summed E-state index contributed by atoms with van der Waals surface area (Å²) in [6, 6.07) is 13.7. The van der Waals surface area contributed by atoms with Crippen molar-refractivity contribution in [3.63, 3.8) is 0 Å². The van der Waals surface area contributed by atoms with E-state index >= 15 is 0 Å². The molecule has 4 rings (SSSR count). The zero-order valence-electron chi connectivity index (χ0n) is 25.3. The van der Waals surface area contributed by atoms with E-state index in [0.717, 1.165) is 12.8 Å². The van der Waals surface area contributed by atoms with Crippen LogP contribution >= 0.6 is 0 Å². The number of rotatable bonds is 8. The number of fused-ring (bicyclic) bond motifs is 5. The van der Waals surface area contributed by atoms with Crippen LogP contribution in [0.5, 0.6) is 0 Å². The van der Waals surface area contributed by atoms with Gasteiger partial charge in [0.05, 0.1) is 11.0 Å². The van der Waals surface area contributed by atoms with Gasteiger partial charge in [0.1, 0.15) is 0 Å². The number of terminal acetylenes is 1. The molecule has 4 aromatic rings. The SMILES string of the molecule is C#C.C=CC/C(C)=C\[C@@H](C)n1c2ccccc2c2ccc3c(C)c(/C=C\CC)n(C(/C=C\C)=C/C)c3c21.CC. The van der Waals surface area contributed by atoms with Crippen LogP contribution < -0.4 is 0 Å². The molecule has 0 amide bonds. The largest absolute Gasteiger partial charge is 0.332 e. The number of allylic oxidation sites excluding steroid dienone is 8. The summed E-state index contributed by atoms with van der Waals surface area (Å²) < 4.78 is 4.99. The molecule has 2 aromatic carbocycles. The van der Waals surface area contributed by atoms with Crippen LogP contribution in [-0.4, -0.2) is 9.13 Å². The molecule has 0 bridgehead atoms. The molecule has 0 radical (unpaired) electrons. The second-order valence-electron chi connectivity index (χ2n) is 9.36. The summed E-state index contributed by atoms with van der Waals surface area (Å²) in [7, 11) is 0. The highest BCUT2D eigenvalue weighted by atomic mass is 15.1. The topological polar surface area (TPSA) is 9.86 Å². The highest BCUT2D eigenvalue weighted by Gasteiger charge is 2.22. The molecule has 2 aromatic heterocycles. The van der Waals surface area contributed by atoms with Gasteiger partial charge >= 0.3 is 0 Å². The summed E-state index contributed by atoms with van der Waals surface area (Å²) in [6.45, 7) is 21.1. The van der Waals surface area contributed by atoms with E-state index in [1.54, 1.807) is 0 Å². The van der Waals surface area contributed by atoms with Crippen LogP contribution in [0.15, 0.2) is 85.0 Å². The van der Waals surface area contributed by atoms with E-state index in [9.17, 15) is 0 Å². The molecule has 204 valence electrons. The number of aryl methyl sites for hydroxylation is 1. The van der Waals surface area contributed by atoms with Gasteiger partial charge in [-0.25, -0.2) is 0 Å². The minimum Gasteiger partial charge on any atom is -0.332 e. The molecular weight excluding hydrogens is 472 g/mol. The van der Waals surface area contributed by atoms with Gasteiger partial charge in [-0.2, -0.15) is 0 Å². The molecule has 0 aliphatic carbocycles. The zero-order valence-corrected chi connectivity index (χ0v) is 25.3.